The van der Waals surface area contributed by atoms with Crippen LogP contribution in [-0.2, 0) is 0 Å². The average molecular weight is 289 g/mol. The van der Waals surface area contributed by atoms with Crippen molar-refractivity contribution in [3.8, 4) is 0 Å². The molecule has 4 N–H and O–H groups in total. The molecule has 0 aliphatic heterocycles. The van der Waals surface area contributed by atoms with E-state index in [0.717, 1.165) is 24.2 Å². The summed E-state index contributed by atoms with van der Waals surface area (Å²) >= 11 is 0. The van der Waals surface area contributed by atoms with Gasteiger partial charge >= 0.3 is 6.03 Å². The van der Waals surface area contributed by atoms with E-state index in [-0.39, 0.29) is 0 Å². The maximum atomic E-state index is 10.9. The van der Waals surface area contributed by atoms with Gasteiger partial charge in [-0.05, 0) is 48.3 Å². The van der Waals surface area contributed by atoms with Crippen molar-refractivity contribution in [3.05, 3.63) is 24.3 Å². The Morgan fingerprint density at radius 3 is 2.29 bits per heavy atom. The Kier molecular flexibility index (Phi) is 4.17. The standard InChI is InChI=1S/C17H27N3O/c1-16(2)9-14(10-17(3,4)11-16)19-12-6-5-7-13(8-12)20-15(18)21/h5-8,14,19H,9-11H2,1-4H3,(H3,18,20,21). The number of nitrogens with two attached hydrogens (primary N) is 1. The van der Waals surface area contributed by atoms with Crippen LogP contribution in [0.2, 0.25) is 0 Å². The third kappa shape index (κ3) is 4.66. The van der Waals surface area contributed by atoms with Gasteiger partial charge in [-0.1, -0.05) is 33.8 Å². The van der Waals surface area contributed by atoms with E-state index < -0.39 is 6.03 Å². The highest BCUT2D eigenvalue weighted by Gasteiger charge is 2.38. The second-order valence-electron chi connectivity index (χ2n) is 7.82. The van der Waals surface area contributed by atoms with Gasteiger partial charge in [0.25, 0.3) is 0 Å². The maximum Gasteiger partial charge on any atom is 0.316 e. The lowest BCUT2D eigenvalue weighted by atomic mass is 9.63. The van der Waals surface area contributed by atoms with Crippen LogP contribution >= 0.6 is 0 Å². The van der Waals surface area contributed by atoms with Crippen molar-refractivity contribution in [1.82, 2.24) is 0 Å². The van der Waals surface area contributed by atoms with Crippen LogP contribution in [0, 0.1) is 10.8 Å². The van der Waals surface area contributed by atoms with Gasteiger partial charge in [0.05, 0.1) is 0 Å². The van der Waals surface area contributed by atoms with E-state index in [9.17, 15) is 4.79 Å². The molecule has 0 bridgehead atoms. The molecule has 116 valence electrons. The molecule has 0 radical (unpaired) electrons. The molecule has 0 saturated heterocycles. The Balaban J connectivity index is 2.09. The minimum absolute atomic E-state index is 0.350. The van der Waals surface area contributed by atoms with Gasteiger partial charge in [0, 0.05) is 17.4 Å². The minimum atomic E-state index is -0.535. The highest BCUT2D eigenvalue weighted by atomic mass is 16.2. The number of rotatable bonds is 3. The van der Waals surface area contributed by atoms with E-state index in [1.54, 1.807) is 0 Å². The zero-order valence-corrected chi connectivity index (χ0v) is 13.5. The summed E-state index contributed by atoms with van der Waals surface area (Å²) in [5.41, 5.74) is 7.61. The number of nitrogens with one attached hydrogen (secondary N) is 2. The average Bonchev–Trinajstić information content (AvgIpc) is 2.23. The number of amides is 2. The minimum Gasteiger partial charge on any atom is -0.382 e. The number of hydrogen-bond acceptors (Lipinski definition) is 2. The summed E-state index contributed by atoms with van der Waals surface area (Å²) in [5, 5.41) is 6.23. The number of primary amides is 1. The zero-order valence-electron chi connectivity index (χ0n) is 13.5. The third-order valence-corrected chi connectivity index (χ3v) is 4.06. The van der Waals surface area contributed by atoms with Gasteiger partial charge in [-0.25, -0.2) is 4.79 Å². The first kappa shape index (κ1) is 15.7. The fourth-order valence-electron chi connectivity index (χ4n) is 4.01. The summed E-state index contributed by atoms with van der Waals surface area (Å²) in [7, 11) is 0. The molecule has 0 spiro atoms. The largest absolute Gasteiger partial charge is 0.382 e. The third-order valence-electron chi connectivity index (χ3n) is 4.06. The molecule has 21 heavy (non-hydrogen) atoms. The lowest BCUT2D eigenvalue weighted by Gasteiger charge is -2.45. The lowest BCUT2D eigenvalue weighted by Crippen LogP contribution is -2.40. The number of hydrogen-bond donors (Lipinski definition) is 3. The number of carbonyl (C=O) groups is 1. The number of urea groups is 1. The topological polar surface area (TPSA) is 67.2 Å². The summed E-state index contributed by atoms with van der Waals surface area (Å²) in [5.74, 6) is 0. The molecule has 4 heteroatoms. The fraction of sp³-hybridized carbons (Fsp3) is 0.588. The first-order valence-electron chi connectivity index (χ1n) is 7.58. The van der Waals surface area contributed by atoms with Gasteiger partial charge in [0.1, 0.15) is 0 Å². The van der Waals surface area contributed by atoms with Gasteiger partial charge in [-0.3, -0.25) is 0 Å². The molecular formula is C17H27N3O. The van der Waals surface area contributed by atoms with Crippen LogP contribution in [0.25, 0.3) is 0 Å². The Morgan fingerprint density at radius 1 is 1.14 bits per heavy atom. The zero-order chi connectivity index (χ0) is 15.7. The molecule has 1 aliphatic carbocycles. The summed E-state index contributed by atoms with van der Waals surface area (Å²) < 4.78 is 0. The molecule has 0 unspecified atom stereocenters. The molecule has 1 fully saturated rings. The highest BCUT2D eigenvalue weighted by molar-refractivity contribution is 5.88. The van der Waals surface area contributed by atoms with Crippen LogP contribution in [0.15, 0.2) is 24.3 Å². The van der Waals surface area contributed by atoms with E-state index >= 15 is 0 Å². The second-order valence-corrected chi connectivity index (χ2v) is 7.82. The normalized spacial score (nSPS) is 20.8. The van der Waals surface area contributed by atoms with E-state index in [1.165, 1.54) is 6.42 Å². The molecule has 0 heterocycles. The molecule has 0 aromatic heterocycles. The van der Waals surface area contributed by atoms with Crippen molar-refractivity contribution in [2.45, 2.75) is 53.0 Å². The van der Waals surface area contributed by atoms with Crippen LogP contribution < -0.4 is 16.4 Å². The molecule has 4 nitrogen and oxygen atoms in total. The fourth-order valence-corrected chi connectivity index (χ4v) is 4.01. The number of benzene rings is 1. The Bertz CT molecular complexity index is 507. The molecule has 1 aliphatic rings. The maximum absolute atomic E-state index is 10.9. The van der Waals surface area contributed by atoms with Gasteiger partial charge in [0.2, 0.25) is 0 Å². The molecule has 2 amide bonds. The van der Waals surface area contributed by atoms with Crippen molar-refractivity contribution in [3.63, 3.8) is 0 Å². The Hall–Kier alpha value is -1.71. The monoisotopic (exact) mass is 289 g/mol. The van der Waals surface area contributed by atoms with Crippen LogP contribution in [-0.4, -0.2) is 12.1 Å². The SMILES string of the molecule is CC1(C)CC(Nc2cccc(NC(N)=O)c2)CC(C)(C)C1. The van der Waals surface area contributed by atoms with Crippen LogP contribution in [0.5, 0.6) is 0 Å². The van der Waals surface area contributed by atoms with Crippen molar-refractivity contribution < 1.29 is 4.79 Å². The van der Waals surface area contributed by atoms with E-state index in [2.05, 4.69) is 38.3 Å². The predicted molar refractivity (Wildman–Crippen MR) is 88.5 cm³/mol. The predicted octanol–water partition coefficient (Wildman–Crippen LogP) is 4.19. The molecule has 1 saturated carbocycles. The summed E-state index contributed by atoms with van der Waals surface area (Å²) in [4.78, 5) is 10.9. The number of anilines is 2. The first-order chi connectivity index (χ1) is 9.65. The van der Waals surface area contributed by atoms with Crippen molar-refractivity contribution in [2.24, 2.45) is 16.6 Å². The molecule has 0 atom stereocenters. The summed E-state index contributed by atoms with van der Waals surface area (Å²) in [6.45, 7) is 9.36. The quantitative estimate of drug-likeness (QED) is 0.781. The van der Waals surface area contributed by atoms with E-state index in [4.69, 9.17) is 5.73 Å². The molecule has 1 aromatic rings. The summed E-state index contributed by atoms with van der Waals surface area (Å²) in [6, 6.07) is 7.64. The van der Waals surface area contributed by atoms with Gasteiger partial charge < -0.3 is 16.4 Å². The molecular weight excluding hydrogens is 262 g/mol. The van der Waals surface area contributed by atoms with E-state index in [1.807, 2.05) is 24.3 Å². The van der Waals surface area contributed by atoms with Gasteiger partial charge in [-0.15, -0.1) is 0 Å². The first-order valence-corrected chi connectivity index (χ1v) is 7.58. The van der Waals surface area contributed by atoms with Crippen LogP contribution in [0.1, 0.15) is 47.0 Å². The van der Waals surface area contributed by atoms with E-state index in [0.29, 0.717) is 16.9 Å². The van der Waals surface area contributed by atoms with Gasteiger partial charge in [-0.2, -0.15) is 0 Å². The van der Waals surface area contributed by atoms with Crippen molar-refractivity contribution >= 4 is 17.4 Å². The van der Waals surface area contributed by atoms with Gasteiger partial charge in [0.15, 0.2) is 0 Å². The smallest absolute Gasteiger partial charge is 0.316 e. The number of carbonyl (C=O) groups excluding carboxylic acids is 1. The Morgan fingerprint density at radius 2 is 1.71 bits per heavy atom. The second kappa shape index (κ2) is 5.58. The van der Waals surface area contributed by atoms with Crippen molar-refractivity contribution in [1.29, 1.82) is 0 Å². The lowest BCUT2D eigenvalue weighted by molar-refractivity contribution is 0.105. The summed E-state index contributed by atoms with van der Waals surface area (Å²) in [6.07, 6.45) is 3.56. The molecule has 1 aromatic carbocycles. The van der Waals surface area contributed by atoms with Crippen LogP contribution in [0.4, 0.5) is 16.2 Å². The molecule has 2 rings (SSSR count). The van der Waals surface area contributed by atoms with Crippen molar-refractivity contribution in [2.75, 3.05) is 10.6 Å². The highest BCUT2D eigenvalue weighted by Crippen LogP contribution is 2.46. The Labute approximate surface area is 127 Å². The van der Waals surface area contributed by atoms with Crippen LogP contribution in [0.3, 0.4) is 0 Å².